The lowest BCUT2D eigenvalue weighted by atomic mass is 9.80. The largest absolute Gasteiger partial charge is 0.491 e. The molecular weight excluding hydrogens is 1330 g/mol. The summed E-state index contributed by atoms with van der Waals surface area (Å²) in [7, 11) is -1.90. The van der Waals surface area contributed by atoms with Crippen molar-refractivity contribution >= 4 is 12.6 Å². The Bertz CT molecular complexity index is 2560. The van der Waals surface area contributed by atoms with Crippen LogP contribution in [0.3, 0.4) is 0 Å². The Morgan fingerprint density at radius 3 is 0.567 bits per heavy atom. The van der Waals surface area contributed by atoms with E-state index in [0.29, 0.717) is 0 Å². The van der Waals surface area contributed by atoms with Crippen LogP contribution in [0.5, 0.6) is 5.75 Å². The Morgan fingerprint density at radius 1 is 0.237 bits per heavy atom. The van der Waals surface area contributed by atoms with E-state index in [-0.39, 0.29) is 11.2 Å². The summed E-state index contributed by atoms with van der Waals surface area (Å²) in [6.07, 6.45) is -82.9. The number of rotatable bonds is 11. The quantitative estimate of drug-likeness (QED) is 0.0915. The summed E-state index contributed by atoms with van der Waals surface area (Å²) in [6.45, 7) is -8.40. The van der Waals surface area contributed by atoms with Crippen molar-refractivity contribution in [1.82, 2.24) is 0 Å². The van der Waals surface area contributed by atoms with Crippen LogP contribution in [0.1, 0.15) is 0 Å². The Kier molecular flexibility index (Phi) is 26.3. The van der Waals surface area contributed by atoms with Gasteiger partial charge in [-0.05, 0) is 17.6 Å². The van der Waals surface area contributed by atoms with Crippen LogP contribution < -0.4 is 10.2 Å². The number of aliphatic hydroxyl groups is 23. The third-order valence-corrected chi connectivity index (χ3v) is 18.3. The van der Waals surface area contributed by atoms with Crippen molar-refractivity contribution in [3.05, 3.63) is 24.3 Å². The lowest BCUT2D eigenvalue weighted by molar-refractivity contribution is -0.404. The first kappa shape index (κ1) is 77.1. The molecule has 1 aromatic rings. The lowest BCUT2D eigenvalue weighted by Gasteiger charge is -2.50. The summed E-state index contributed by atoms with van der Waals surface area (Å²) < 4.78 is 98.4. The lowest BCUT2D eigenvalue weighted by Crippen LogP contribution is -2.69. The highest BCUT2D eigenvalue weighted by molar-refractivity contribution is 6.58. The average molecular weight is 1420 g/mol. The summed E-state index contributed by atoms with van der Waals surface area (Å²) in [5, 5.41) is 277. The molecule has 1 aromatic carbocycles. The molecule has 31 rings (SSSR count). The molecule has 42 nitrogen and oxygen atoms in total. The van der Waals surface area contributed by atoms with Crippen LogP contribution in [0.2, 0.25) is 0 Å². The van der Waals surface area contributed by atoms with E-state index in [1.807, 2.05) is 0 Å². The van der Waals surface area contributed by atoms with Gasteiger partial charge < -0.3 is 208 Å². The second-order valence-corrected chi connectivity index (χ2v) is 24.5. The molecule has 16 bridgehead atoms. The highest BCUT2D eigenvalue weighted by Gasteiger charge is 2.60. The number of hydrogen-bond donors (Lipinski definition) is 25. The molecule has 556 valence electrons. The third-order valence-electron chi connectivity index (χ3n) is 18.3. The van der Waals surface area contributed by atoms with Gasteiger partial charge in [-0.1, -0.05) is 12.1 Å². The SMILES string of the molecule is OC[C@H]1O[C@@H]2O[C@H]3[C@H](O)[C@@H](O)[C@@H](O[C@H]4[C@H](O)[C@@H](O)[C@@H](O[C@H]5[C@H](O)[C@@H](O)[C@@H](O[C@H]6[C@H](O)[C@@H](O)[C@@H](O[C@H]7[C@H](O)[C@@H](O)[C@@H](O[C@H]8[C@H](O)[C@@H](O)[C@@H](O[C@H]9[C@H](O)[C@@H](O)[C@@H](O[C@H]1[C@H](O)[C@H]2O)O[C@@H]9CO)O[C@@H]8CO)O[C@@H]7CO)O[C@@H]6COc1ccc(B(O)O)cc1)O[C@@H]5CO)O[C@@H]4CO)O[C@@H]3CO. The first-order valence-corrected chi connectivity index (χ1v) is 30.9. The summed E-state index contributed by atoms with van der Waals surface area (Å²) in [5.74, 6) is 0.00711. The van der Waals surface area contributed by atoms with Crippen LogP contribution >= 0.6 is 0 Å². The van der Waals surface area contributed by atoms with Gasteiger partial charge in [0.1, 0.15) is 208 Å². The van der Waals surface area contributed by atoms with Crippen LogP contribution in [0.4, 0.5) is 0 Å². The van der Waals surface area contributed by atoms with Crippen molar-refractivity contribution in [2.24, 2.45) is 0 Å². The van der Waals surface area contributed by atoms with Crippen molar-refractivity contribution < 1.29 is 208 Å². The van der Waals surface area contributed by atoms with Crippen molar-refractivity contribution in [1.29, 1.82) is 0 Å². The summed E-state index contributed by atoms with van der Waals surface area (Å²) >= 11 is 0. The van der Waals surface area contributed by atoms with E-state index in [1.165, 1.54) is 24.3 Å². The minimum atomic E-state index is -2.29. The Balaban J connectivity index is 0.930. The molecule has 30 heterocycles. The van der Waals surface area contributed by atoms with E-state index < -0.39 is 306 Å². The minimum Gasteiger partial charge on any atom is -0.491 e. The summed E-state index contributed by atoms with van der Waals surface area (Å²) in [5.41, 5.74) is 0.0286. The Morgan fingerprint density at radius 2 is 0.402 bits per heavy atom. The zero-order chi connectivity index (χ0) is 70.3. The molecule has 0 aliphatic carbocycles. The molecule has 0 saturated carbocycles. The molecule has 40 atom stereocenters. The molecule has 0 aromatic heterocycles. The van der Waals surface area contributed by atoms with E-state index in [0.717, 1.165) is 0 Å². The second kappa shape index (κ2) is 33.0. The van der Waals surface area contributed by atoms with E-state index in [9.17, 15) is 127 Å². The highest BCUT2D eigenvalue weighted by atomic mass is 16.8. The van der Waals surface area contributed by atoms with Gasteiger partial charge in [0, 0.05) is 0 Å². The molecule has 30 saturated heterocycles. The molecule has 0 unspecified atom stereocenters. The number of aliphatic hydroxyl groups excluding tert-OH is 23. The fraction of sp³-hybridized carbons (Fsp3) is 0.889. The fourth-order valence-corrected chi connectivity index (χ4v) is 12.8. The van der Waals surface area contributed by atoms with Crippen molar-refractivity contribution in [2.75, 3.05) is 52.9 Å². The smallest absolute Gasteiger partial charge is 0.488 e. The van der Waals surface area contributed by atoms with Gasteiger partial charge in [-0.25, -0.2) is 0 Å². The Hall–Kier alpha value is -2.56. The van der Waals surface area contributed by atoms with Gasteiger partial charge in [0.15, 0.2) is 50.3 Å². The molecule has 0 radical (unpaired) electrons. The van der Waals surface area contributed by atoms with E-state index in [2.05, 4.69) is 0 Å². The van der Waals surface area contributed by atoms with Gasteiger partial charge in [-0.15, -0.1) is 0 Å². The van der Waals surface area contributed by atoms with Gasteiger partial charge in [0.05, 0.1) is 46.2 Å². The maximum absolute atomic E-state index is 11.9. The van der Waals surface area contributed by atoms with Gasteiger partial charge in [-0.3, -0.25) is 0 Å². The van der Waals surface area contributed by atoms with E-state index in [1.54, 1.807) is 0 Å². The average Bonchev–Trinajstić information content (AvgIpc) is 0.779. The van der Waals surface area contributed by atoms with Gasteiger partial charge >= 0.3 is 7.12 Å². The third kappa shape index (κ3) is 15.8. The highest BCUT2D eigenvalue weighted by Crippen LogP contribution is 2.40. The molecule has 30 aliphatic rings. The number of benzene rings is 1. The van der Waals surface area contributed by atoms with Gasteiger partial charge in [0.2, 0.25) is 0 Å². The molecule has 43 heteroatoms. The van der Waals surface area contributed by atoms with Crippen molar-refractivity contribution in [3.63, 3.8) is 0 Å². The zero-order valence-corrected chi connectivity index (χ0v) is 50.8. The molecular formula is C54H85BO42. The number of ether oxygens (including phenoxy) is 17. The molecule has 0 spiro atoms. The Labute approximate surface area is 548 Å². The minimum absolute atomic E-state index is 0.00711. The monoisotopic (exact) mass is 1420 g/mol. The molecule has 30 aliphatic heterocycles. The summed E-state index contributed by atoms with van der Waals surface area (Å²) in [6, 6.07) is 5.07. The van der Waals surface area contributed by atoms with E-state index in [4.69, 9.17) is 80.5 Å². The first-order chi connectivity index (χ1) is 46.2. The fourth-order valence-electron chi connectivity index (χ4n) is 12.8. The van der Waals surface area contributed by atoms with Crippen LogP contribution in [-0.4, -0.2) is 433 Å². The van der Waals surface area contributed by atoms with E-state index >= 15 is 0 Å². The first-order valence-electron chi connectivity index (χ1n) is 30.9. The van der Waals surface area contributed by atoms with Crippen molar-refractivity contribution in [2.45, 2.75) is 246 Å². The topological polar surface area (TPSA) is 663 Å². The molecule has 25 N–H and O–H groups in total. The van der Waals surface area contributed by atoms with Crippen molar-refractivity contribution in [3.8, 4) is 5.75 Å². The maximum Gasteiger partial charge on any atom is 0.488 e. The normalized spacial score (nSPS) is 51.2. The standard InChI is InChI=1S/C54H85BO42/c56-5-15-39-23(63)31(71)47(82-15)91-40-16(6-57)84-49(33(73)25(40)65)93-42-18(8-59)86-51(35(75)27(42)67)95-44-20(10-61)88-53(37(77)29(44)69)97-46-22(12-81-14-3-1-13(2-4-14)55(79)80)89-54(38(78)30(46)70)96-45-21(11-62)87-52(36(76)28(45)68)94-43-19(9-60)85-50(34(74)26(43)66)92-41-17(7-58)83-48(90-39)32(72)24(41)64/h1-4,15-54,56-80H,5-12H2/t15-,16-,17-,18-,19-,20-,21-,22-,23-,24-,25-,26-,27-,28-,29-,30-,31-,32-,33-,34-,35-,36-,37-,38-,39-,40-,41-,42-,43-,44-,45-,46-,47-,48-,49-,50-,51-,52-,53-,54-/m1/s1. The molecule has 0 amide bonds. The molecule has 97 heavy (non-hydrogen) atoms. The van der Waals surface area contributed by atoms with Crippen LogP contribution in [0, 0.1) is 0 Å². The molecule has 30 fully saturated rings. The van der Waals surface area contributed by atoms with Gasteiger partial charge in [-0.2, -0.15) is 0 Å². The zero-order valence-electron chi connectivity index (χ0n) is 50.8. The van der Waals surface area contributed by atoms with Gasteiger partial charge in [0.25, 0.3) is 0 Å². The van der Waals surface area contributed by atoms with Crippen LogP contribution in [0.15, 0.2) is 24.3 Å². The predicted octanol–water partition coefficient (Wildman–Crippen LogP) is -17.6. The number of hydrogen-bond acceptors (Lipinski definition) is 42. The van der Waals surface area contributed by atoms with Crippen LogP contribution in [-0.2, 0) is 75.8 Å². The predicted molar refractivity (Wildman–Crippen MR) is 296 cm³/mol. The summed E-state index contributed by atoms with van der Waals surface area (Å²) in [4.78, 5) is 0. The second-order valence-electron chi connectivity index (χ2n) is 24.5. The van der Waals surface area contributed by atoms with Crippen LogP contribution in [0.25, 0.3) is 0 Å². The maximum atomic E-state index is 11.9.